The molecule has 1 aliphatic rings. The van der Waals surface area contributed by atoms with E-state index in [-0.39, 0.29) is 6.04 Å². The van der Waals surface area contributed by atoms with Gasteiger partial charge in [0, 0.05) is 21.5 Å². The Kier molecular flexibility index (Phi) is 4.31. The number of hydrogen-bond acceptors (Lipinski definition) is 2. The number of benzene rings is 1. The lowest BCUT2D eigenvalue weighted by atomic mass is 10.4. The summed E-state index contributed by atoms with van der Waals surface area (Å²) in [7, 11) is -3.47. The smallest absolute Gasteiger partial charge is 0.207 e. The number of hydrogen-bond donors (Lipinski definition) is 0. The summed E-state index contributed by atoms with van der Waals surface area (Å²) in [5.74, 6) is 0. The Bertz CT molecular complexity index is 567. The molecule has 1 saturated carbocycles. The fraction of sp³-hybridized carbons (Fsp3) is 0.333. The fourth-order valence-corrected chi connectivity index (χ4v) is 4.86. The monoisotopic (exact) mass is 393 g/mol. The molecule has 1 aromatic rings. The van der Waals surface area contributed by atoms with Gasteiger partial charge in [0.2, 0.25) is 10.0 Å². The van der Waals surface area contributed by atoms with Crippen molar-refractivity contribution in [2.24, 2.45) is 0 Å². The predicted octanol–water partition coefficient (Wildman–Crippen LogP) is 3.55. The fourth-order valence-electron chi connectivity index (χ4n) is 1.73. The first-order chi connectivity index (χ1) is 8.46. The third-order valence-corrected chi connectivity index (χ3v) is 6.15. The largest absolute Gasteiger partial charge is 0.244 e. The van der Waals surface area contributed by atoms with Gasteiger partial charge in [-0.2, -0.15) is 4.31 Å². The van der Waals surface area contributed by atoms with E-state index in [0.717, 1.165) is 17.3 Å². The van der Waals surface area contributed by atoms with Gasteiger partial charge in [0.05, 0.1) is 4.90 Å². The summed E-state index contributed by atoms with van der Waals surface area (Å²) in [6.07, 6.45) is 3.49. The Balaban J connectivity index is 2.45. The van der Waals surface area contributed by atoms with E-state index in [1.807, 2.05) is 0 Å². The van der Waals surface area contributed by atoms with Crippen molar-refractivity contribution >= 4 is 41.9 Å². The Hall–Kier alpha value is -0.170. The van der Waals surface area contributed by atoms with Gasteiger partial charge in [-0.1, -0.05) is 22.0 Å². The molecule has 0 saturated heterocycles. The molecule has 1 aliphatic carbocycles. The van der Waals surface area contributed by atoms with E-state index in [0.29, 0.717) is 15.9 Å². The minimum atomic E-state index is -3.47. The molecule has 0 spiro atoms. The highest BCUT2D eigenvalue weighted by molar-refractivity contribution is 9.11. The molecule has 0 atom stereocenters. The van der Waals surface area contributed by atoms with Gasteiger partial charge in [0.25, 0.3) is 0 Å². The van der Waals surface area contributed by atoms with Crippen LogP contribution in [0.3, 0.4) is 0 Å². The molecule has 0 N–H and O–H groups in total. The van der Waals surface area contributed by atoms with Crippen LogP contribution in [0.1, 0.15) is 12.8 Å². The molecule has 2 rings (SSSR count). The van der Waals surface area contributed by atoms with Crippen LogP contribution in [0.25, 0.3) is 0 Å². The second kappa shape index (κ2) is 5.45. The maximum atomic E-state index is 12.6. The van der Waals surface area contributed by atoms with Crippen LogP contribution in [-0.4, -0.2) is 25.3 Å². The molecule has 6 heteroatoms. The number of rotatable bonds is 5. The molecule has 0 aliphatic heterocycles. The van der Waals surface area contributed by atoms with Gasteiger partial charge in [-0.25, -0.2) is 8.42 Å². The number of nitrogens with zero attached hydrogens (tertiary/aromatic N) is 1. The van der Waals surface area contributed by atoms with Crippen LogP contribution in [-0.2, 0) is 10.0 Å². The van der Waals surface area contributed by atoms with Gasteiger partial charge in [0.15, 0.2) is 0 Å². The van der Waals surface area contributed by atoms with Crippen LogP contribution < -0.4 is 0 Å². The van der Waals surface area contributed by atoms with Crippen molar-refractivity contribution in [2.45, 2.75) is 23.8 Å². The molecule has 0 unspecified atom stereocenters. The molecule has 98 valence electrons. The molecule has 0 radical (unpaired) electrons. The van der Waals surface area contributed by atoms with Crippen LogP contribution in [0.15, 0.2) is 44.7 Å². The molecular weight excluding hydrogens is 382 g/mol. The molecular formula is C12H13Br2NO2S. The normalized spacial score (nSPS) is 15.9. The van der Waals surface area contributed by atoms with Crippen molar-refractivity contribution in [3.63, 3.8) is 0 Å². The third-order valence-electron chi connectivity index (χ3n) is 2.74. The summed E-state index contributed by atoms with van der Waals surface area (Å²) in [6.45, 7) is 3.98. The average molecular weight is 395 g/mol. The first-order valence-electron chi connectivity index (χ1n) is 5.54. The highest BCUT2D eigenvalue weighted by Gasteiger charge is 2.38. The van der Waals surface area contributed by atoms with Gasteiger partial charge in [0.1, 0.15) is 0 Å². The van der Waals surface area contributed by atoms with Gasteiger partial charge < -0.3 is 0 Å². The van der Waals surface area contributed by atoms with Crippen molar-refractivity contribution in [3.8, 4) is 0 Å². The van der Waals surface area contributed by atoms with E-state index in [2.05, 4.69) is 38.4 Å². The summed E-state index contributed by atoms with van der Waals surface area (Å²) >= 11 is 6.61. The standard InChI is InChI=1S/C12H13Br2NO2S/c1-2-7-15(10-4-5-10)18(16,17)12-8-9(13)3-6-11(12)14/h2-3,6,8,10H,1,4-5,7H2. The quantitative estimate of drug-likeness (QED) is 0.716. The summed E-state index contributed by atoms with van der Waals surface area (Å²) in [5.41, 5.74) is 0. The second-order valence-electron chi connectivity index (χ2n) is 4.17. The molecule has 0 amide bonds. The van der Waals surface area contributed by atoms with E-state index in [9.17, 15) is 8.42 Å². The molecule has 0 aromatic heterocycles. The number of sulfonamides is 1. The lowest BCUT2D eigenvalue weighted by Gasteiger charge is -2.21. The molecule has 0 bridgehead atoms. The molecule has 1 aromatic carbocycles. The molecule has 0 heterocycles. The van der Waals surface area contributed by atoms with Crippen LogP contribution in [0.5, 0.6) is 0 Å². The summed E-state index contributed by atoms with van der Waals surface area (Å²) in [4.78, 5) is 0.297. The van der Waals surface area contributed by atoms with Crippen LogP contribution in [0.2, 0.25) is 0 Å². The van der Waals surface area contributed by atoms with Crippen LogP contribution >= 0.6 is 31.9 Å². The zero-order valence-corrected chi connectivity index (χ0v) is 13.6. The van der Waals surface area contributed by atoms with Gasteiger partial charge in [-0.05, 0) is 47.0 Å². The van der Waals surface area contributed by atoms with E-state index in [1.165, 1.54) is 4.31 Å². The Morgan fingerprint density at radius 2 is 2.06 bits per heavy atom. The van der Waals surface area contributed by atoms with Gasteiger partial charge in [-0.15, -0.1) is 6.58 Å². The van der Waals surface area contributed by atoms with Crippen molar-refractivity contribution in [1.82, 2.24) is 4.31 Å². The zero-order valence-electron chi connectivity index (χ0n) is 9.64. The summed E-state index contributed by atoms with van der Waals surface area (Å²) in [6, 6.07) is 5.28. The average Bonchev–Trinajstić information content (AvgIpc) is 3.13. The minimum absolute atomic E-state index is 0.124. The lowest BCUT2D eigenvalue weighted by molar-refractivity contribution is 0.435. The third kappa shape index (κ3) is 2.87. The van der Waals surface area contributed by atoms with E-state index < -0.39 is 10.0 Å². The molecule has 1 fully saturated rings. The second-order valence-corrected chi connectivity index (χ2v) is 7.80. The van der Waals surface area contributed by atoms with Crippen molar-refractivity contribution in [1.29, 1.82) is 0 Å². The maximum Gasteiger partial charge on any atom is 0.244 e. The van der Waals surface area contributed by atoms with Crippen molar-refractivity contribution in [2.75, 3.05) is 6.54 Å². The summed E-state index contributed by atoms with van der Waals surface area (Å²) < 4.78 is 28.1. The topological polar surface area (TPSA) is 37.4 Å². The molecule has 3 nitrogen and oxygen atoms in total. The van der Waals surface area contributed by atoms with Crippen LogP contribution in [0.4, 0.5) is 0 Å². The first-order valence-corrected chi connectivity index (χ1v) is 8.57. The Morgan fingerprint density at radius 3 is 2.61 bits per heavy atom. The van der Waals surface area contributed by atoms with E-state index >= 15 is 0 Å². The highest BCUT2D eigenvalue weighted by atomic mass is 79.9. The van der Waals surface area contributed by atoms with Crippen molar-refractivity contribution < 1.29 is 8.42 Å². The zero-order chi connectivity index (χ0) is 13.3. The molecule has 18 heavy (non-hydrogen) atoms. The number of halogens is 2. The van der Waals surface area contributed by atoms with E-state index in [4.69, 9.17) is 0 Å². The van der Waals surface area contributed by atoms with Gasteiger partial charge >= 0.3 is 0 Å². The Morgan fingerprint density at radius 1 is 1.39 bits per heavy atom. The Labute approximate surface area is 124 Å². The highest BCUT2D eigenvalue weighted by Crippen LogP contribution is 2.35. The predicted molar refractivity (Wildman–Crippen MR) is 79.0 cm³/mol. The van der Waals surface area contributed by atoms with E-state index in [1.54, 1.807) is 24.3 Å². The van der Waals surface area contributed by atoms with Crippen LogP contribution in [0, 0.1) is 0 Å². The van der Waals surface area contributed by atoms with Crippen molar-refractivity contribution in [3.05, 3.63) is 39.8 Å². The van der Waals surface area contributed by atoms with Gasteiger partial charge in [-0.3, -0.25) is 0 Å². The first kappa shape index (κ1) is 14.2. The maximum absolute atomic E-state index is 12.6. The lowest BCUT2D eigenvalue weighted by Crippen LogP contribution is -2.33. The minimum Gasteiger partial charge on any atom is -0.207 e. The SMILES string of the molecule is C=CCN(C1CC1)S(=O)(=O)c1cc(Br)ccc1Br. The summed E-state index contributed by atoms with van der Waals surface area (Å²) in [5, 5.41) is 0.